The summed E-state index contributed by atoms with van der Waals surface area (Å²) < 4.78 is 0. The number of aliphatic hydroxyl groups is 1. The van der Waals surface area contributed by atoms with Crippen molar-refractivity contribution >= 4 is 0 Å². The summed E-state index contributed by atoms with van der Waals surface area (Å²) in [6.07, 6.45) is 2.60. The quantitative estimate of drug-likeness (QED) is 0.735. The van der Waals surface area contributed by atoms with Gasteiger partial charge in [-0.2, -0.15) is 0 Å². The third-order valence-electron chi connectivity index (χ3n) is 2.94. The summed E-state index contributed by atoms with van der Waals surface area (Å²) in [5.74, 6) is 0.754. The van der Waals surface area contributed by atoms with Crippen LogP contribution < -0.4 is 5.32 Å². The van der Waals surface area contributed by atoms with Crippen molar-refractivity contribution in [2.45, 2.75) is 39.2 Å². The van der Waals surface area contributed by atoms with Crippen molar-refractivity contribution in [3.63, 3.8) is 0 Å². The highest BCUT2D eigenvalue weighted by molar-refractivity contribution is 4.78. The first-order valence-electron chi connectivity index (χ1n) is 6.09. The zero-order valence-electron chi connectivity index (χ0n) is 10.4. The lowest BCUT2D eigenvalue weighted by Crippen LogP contribution is -2.45. The fourth-order valence-electron chi connectivity index (χ4n) is 2.11. The highest BCUT2D eigenvalue weighted by atomic mass is 16.3. The second-order valence-corrected chi connectivity index (χ2v) is 5.66. The molecule has 3 heteroatoms. The van der Waals surface area contributed by atoms with Crippen LogP contribution in [0.5, 0.6) is 0 Å². The molecule has 1 unspecified atom stereocenters. The van der Waals surface area contributed by atoms with Crippen LogP contribution in [-0.4, -0.2) is 48.3 Å². The monoisotopic (exact) mass is 214 g/mol. The number of aliphatic hydroxyl groups excluding tert-OH is 1. The average Bonchev–Trinajstić information content (AvgIpc) is 2.15. The minimum atomic E-state index is 0.221. The Labute approximate surface area is 93.9 Å². The van der Waals surface area contributed by atoms with Crippen LogP contribution >= 0.6 is 0 Å². The minimum Gasteiger partial charge on any atom is -0.395 e. The van der Waals surface area contributed by atoms with Gasteiger partial charge in [0.15, 0.2) is 0 Å². The molecule has 3 nitrogen and oxygen atoms in total. The minimum absolute atomic E-state index is 0.221. The Hall–Kier alpha value is -0.120. The summed E-state index contributed by atoms with van der Waals surface area (Å²) in [7, 11) is 0. The van der Waals surface area contributed by atoms with E-state index in [1.54, 1.807) is 0 Å². The van der Waals surface area contributed by atoms with Gasteiger partial charge in [-0.15, -0.1) is 0 Å². The van der Waals surface area contributed by atoms with Gasteiger partial charge in [0.25, 0.3) is 0 Å². The van der Waals surface area contributed by atoms with E-state index in [-0.39, 0.29) is 5.54 Å². The maximum Gasteiger partial charge on any atom is 0.0558 e. The van der Waals surface area contributed by atoms with Gasteiger partial charge in [-0.25, -0.2) is 0 Å². The van der Waals surface area contributed by atoms with E-state index >= 15 is 0 Å². The van der Waals surface area contributed by atoms with E-state index in [0.717, 1.165) is 32.1 Å². The van der Waals surface area contributed by atoms with E-state index in [1.807, 2.05) is 0 Å². The second-order valence-electron chi connectivity index (χ2n) is 5.66. The molecule has 1 aliphatic heterocycles. The van der Waals surface area contributed by atoms with Gasteiger partial charge in [0, 0.05) is 18.6 Å². The number of hydrogen-bond acceptors (Lipinski definition) is 3. The summed E-state index contributed by atoms with van der Waals surface area (Å²) in [5.41, 5.74) is 0.221. The van der Waals surface area contributed by atoms with Crippen LogP contribution in [0.4, 0.5) is 0 Å². The van der Waals surface area contributed by atoms with E-state index in [4.69, 9.17) is 5.11 Å². The van der Waals surface area contributed by atoms with Crippen LogP contribution in [0.3, 0.4) is 0 Å². The van der Waals surface area contributed by atoms with Gasteiger partial charge in [-0.1, -0.05) is 0 Å². The van der Waals surface area contributed by atoms with Gasteiger partial charge < -0.3 is 15.3 Å². The Morgan fingerprint density at radius 2 is 2.13 bits per heavy atom. The van der Waals surface area contributed by atoms with E-state index in [1.165, 1.54) is 12.8 Å². The zero-order chi connectivity index (χ0) is 11.3. The van der Waals surface area contributed by atoms with Crippen LogP contribution in [0, 0.1) is 5.92 Å². The molecule has 0 saturated carbocycles. The molecule has 1 atom stereocenters. The molecule has 0 bridgehead atoms. The van der Waals surface area contributed by atoms with Crippen molar-refractivity contribution in [2.75, 3.05) is 32.8 Å². The number of likely N-dealkylation sites (tertiary alicyclic amines) is 1. The predicted octanol–water partition coefficient (Wildman–Crippen LogP) is 1.08. The maximum atomic E-state index is 8.91. The molecule has 2 N–H and O–H groups in total. The Morgan fingerprint density at radius 3 is 2.73 bits per heavy atom. The number of β-amino-alcohol motifs (C(OH)–C–C–N with tert-alkyl or cyclic N) is 1. The average molecular weight is 214 g/mol. The zero-order valence-corrected chi connectivity index (χ0v) is 10.4. The Balaban J connectivity index is 2.24. The molecular weight excluding hydrogens is 188 g/mol. The molecule has 0 aromatic carbocycles. The molecule has 0 aromatic heterocycles. The first kappa shape index (κ1) is 12.9. The van der Waals surface area contributed by atoms with Crippen molar-refractivity contribution in [1.29, 1.82) is 0 Å². The fourth-order valence-corrected chi connectivity index (χ4v) is 2.11. The molecule has 1 fully saturated rings. The highest BCUT2D eigenvalue weighted by Gasteiger charge is 2.20. The Kier molecular flexibility index (Phi) is 5.03. The van der Waals surface area contributed by atoms with Crippen LogP contribution in [0.2, 0.25) is 0 Å². The van der Waals surface area contributed by atoms with Crippen molar-refractivity contribution in [2.24, 2.45) is 5.92 Å². The van der Waals surface area contributed by atoms with Crippen LogP contribution in [0.25, 0.3) is 0 Å². The van der Waals surface area contributed by atoms with Crippen molar-refractivity contribution in [1.82, 2.24) is 10.2 Å². The normalized spacial score (nSPS) is 24.4. The van der Waals surface area contributed by atoms with E-state index < -0.39 is 0 Å². The lowest BCUT2D eigenvalue weighted by molar-refractivity contribution is 0.135. The van der Waals surface area contributed by atoms with Gasteiger partial charge in [0.2, 0.25) is 0 Å². The molecule has 1 aliphatic rings. The molecule has 0 spiro atoms. The first-order chi connectivity index (χ1) is 7.01. The molecule has 1 rings (SSSR count). The predicted molar refractivity (Wildman–Crippen MR) is 64.0 cm³/mol. The van der Waals surface area contributed by atoms with Gasteiger partial charge in [-0.3, -0.25) is 0 Å². The number of piperidine rings is 1. The van der Waals surface area contributed by atoms with Gasteiger partial charge in [-0.05, 0) is 52.6 Å². The van der Waals surface area contributed by atoms with Gasteiger partial charge >= 0.3 is 0 Å². The van der Waals surface area contributed by atoms with Gasteiger partial charge in [0.1, 0.15) is 0 Å². The van der Waals surface area contributed by atoms with Crippen molar-refractivity contribution in [3.05, 3.63) is 0 Å². The Morgan fingerprint density at radius 1 is 1.40 bits per heavy atom. The van der Waals surface area contributed by atoms with Crippen LogP contribution in [0.15, 0.2) is 0 Å². The largest absolute Gasteiger partial charge is 0.395 e. The second kappa shape index (κ2) is 5.83. The number of rotatable bonds is 4. The molecule has 0 aliphatic carbocycles. The standard InChI is InChI=1S/C12H26N2O/c1-12(2,3)13-9-11-5-4-6-14(10-11)7-8-15/h11,13,15H,4-10H2,1-3H3. The highest BCUT2D eigenvalue weighted by Crippen LogP contribution is 2.16. The lowest BCUT2D eigenvalue weighted by Gasteiger charge is -2.34. The van der Waals surface area contributed by atoms with Crippen molar-refractivity contribution in [3.8, 4) is 0 Å². The molecule has 90 valence electrons. The molecule has 15 heavy (non-hydrogen) atoms. The van der Waals surface area contributed by atoms with E-state index in [9.17, 15) is 0 Å². The smallest absolute Gasteiger partial charge is 0.0558 e. The molecular formula is C12H26N2O. The number of nitrogens with zero attached hydrogens (tertiary/aromatic N) is 1. The van der Waals surface area contributed by atoms with Crippen molar-refractivity contribution < 1.29 is 5.11 Å². The number of nitrogens with one attached hydrogen (secondary N) is 1. The third kappa shape index (κ3) is 5.50. The summed E-state index contributed by atoms with van der Waals surface area (Å²) in [6.45, 7) is 11.2. The summed E-state index contributed by atoms with van der Waals surface area (Å²) in [4.78, 5) is 2.37. The molecule has 0 radical (unpaired) electrons. The molecule has 1 heterocycles. The maximum absolute atomic E-state index is 8.91. The van der Waals surface area contributed by atoms with Crippen LogP contribution in [0.1, 0.15) is 33.6 Å². The van der Waals surface area contributed by atoms with Crippen LogP contribution in [-0.2, 0) is 0 Å². The van der Waals surface area contributed by atoms with E-state index in [0.29, 0.717) is 6.61 Å². The lowest BCUT2D eigenvalue weighted by atomic mass is 9.96. The third-order valence-corrected chi connectivity index (χ3v) is 2.94. The molecule has 1 saturated heterocycles. The Bertz CT molecular complexity index is 175. The molecule has 0 aromatic rings. The van der Waals surface area contributed by atoms with E-state index in [2.05, 4.69) is 31.0 Å². The summed E-state index contributed by atoms with van der Waals surface area (Å²) >= 11 is 0. The van der Waals surface area contributed by atoms with Gasteiger partial charge in [0.05, 0.1) is 6.61 Å². The topological polar surface area (TPSA) is 35.5 Å². The SMILES string of the molecule is CC(C)(C)NCC1CCCN(CCO)C1. The number of hydrogen-bond donors (Lipinski definition) is 2. The first-order valence-corrected chi connectivity index (χ1v) is 6.09. The molecule has 0 amide bonds. The summed E-state index contributed by atoms with van der Waals surface area (Å²) in [5, 5.41) is 12.5. The fraction of sp³-hybridized carbons (Fsp3) is 1.00. The summed E-state index contributed by atoms with van der Waals surface area (Å²) in [6, 6.07) is 0.